The fourth-order valence-electron chi connectivity index (χ4n) is 3.81. The molecule has 2 unspecified atom stereocenters. The standard InChI is InChI=1S/C19H21N/c1-13-5-4-8-19(13)20-16-9-10-18-15(12-16)11-14-6-2-3-7-17(14)18/h2-3,6-7,9-10,12-13,19-20H,4-5,8,11H2,1H3. The summed E-state index contributed by atoms with van der Waals surface area (Å²) in [5.41, 5.74) is 7.08. The summed E-state index contributed by atoms with van der Waals surface area (Å²) in [7, 11) is 0. The largest absolute Gasteiger partial charge is 0.382 e. The zero-order valence-corrected chi connectivity index (χ0v) is 12.0. The Morgan fingerprint density at radius 3 is 2.65 bits per heavy atom. The second-order valence-corrected chi connectivity index (χ2v) is 6.36. The molecule has 0 aromatic heterocycles. The quantitative estimate of drug-likeness (QED) is 0.696. The lowest BCUT2D eigenvalue weighted by molar-refractivity contribution is 0.556. The fourth-order valence-corrected chi connectivity index (χ4v) is 3.81. The van der Waals surface area contributed by atoms with Gasteiger partial charge in [-0.15, -0.1) is 0 Å². The normalized spacial score (nSPS) is 23.4. The van der Waals surface area contributed by atoms with Gasteiger partial charge in [0.2, 0.25) is 0 Å². The van der Waals surface area contributed by atoms with E-state index in [9.17, 15) is 0 Å². The number of hydrogen-bond donors (Lipinski definition) is 1. The van der Waals surface area contributed by atoms with Crippen molar-refractivity contribution in [3.8, 4) is 11.1 Å². The summed E-state index contributed by atoms with van der Waals surface area (Å²) < 4.78 is 0. The average Bonchev–Trinajstić information content (AvgIpc) is 3.02. The fraction of sp³-hybridized carbons (Fsp3) is 0.368. The molecule has 0 heterocycles. The van der Waals surface area contributed by atoms with Crippen molar-refractivity contribution in [1.82, 2.24) is 0 Å². The Morgan fingerprint density at radius 1 is 0.950 bits per heavy atom. The molecule has 0 bridgehead atoms. The molecule has 20 heavy (non-hydrogen) atoms. The van der Waals surface area contributed by atoms with Crippen LogP contribution in [0.4, 0.5) is 5.69 Å². The zero-order chi connectivity index (χ0) is 13.5. The first-order valence-corrected chi connectivity index (χ1v) is 7.79. The summed E-state index contributed by atoms with van der Waals surface area (Å²) >= 11 is 0. The highest BCUT2D eigenvalue weighted by atomic mass is 14.9. The van der Waals surface area contributed by atoms with Gasteiger partial charge >= 0.3 is 0 Å². The number of hydrogen-bond acceptors (Lipinski definition) is 1. The van der Waals surface area contributed by atoms with Crippen LogP contribution in [0.1, 0.15) is 37.3 Å². The predicted octanol–water partition coefficient (Wildman–Crippen LogP) is 4.86. The minimum absolute atomic E-state index is 0.664. The Kier molecular flexibility index (Phi) is 2.80. The molecule has 2 aliphatic rings. The SMILES string of the molecule is CC1CCCC1Nc1ccc2c(c1)Cc1ccccc1-2. The summed E-state index contributed by atoms with van der Waals surface area (Å²) in [5, 5.41) is 3.75. The number of rotatable bonds is 2. The first-order valence-electron chi connectivity index (χ1n) is 7.79. The van der Waals surface area contributed by atoms with Crippen molar-refractivity contribution in [3.05, 3.63) is 53.6 Å². The van der Waals surface area contributed by atoms with Gasteiger partial charge in [0.05, 0.1) is 0 Å². The highest BCUT2D eigenvalue weighted by molar-refractivity contribution is 5.78. The highest BCUT2D eigenvalue weighted by Crippen LogP contribution is 2.38. The van der Waals surface area contributed by atoms with Crippen LogP contribution in [0, 0.1) is 5.92 Å². The number of anilines is 1. The Hall–Kier alpha value is -1.76. The van der Waals surface area contributed by atoms with E-state index in [-0.39, 0.29) is 0 Å². The van der Waals surface area contributed by atoms with Crippen LogP contribution in [0.5, 0.6) is 0 Å². The Labute approximate surface area is 121 Å². The van der Waals surface area contributed by atoms with E-state index in [4.69, 9.17) is 0 Å². The van der Waals surface area contributed by atoms with Crippen molar-refractivity contribution in [2.24, 2.45) is 5.92 Å². The lowest BCUT2D eigenvalue weighted by Crippen LogP contribution is -2.21. The summed E-state index contributed by atoms with van der Waals surface area (Å²) in [4.78, 5) is 0. The molecule has 4 rings (SSSR count). The topological polar surface area (TPSA) is 12.0 Å². The predicted molar refractivity (Wildman–Crippen MR) is 85.1 cm³/mol. The van der Waals surface area contributed by atoms with E-state index in [0.29, 0.717) is 6.04 Å². The molecule has 2 atom stereocenters. The van der Waals surface area contributed by atoms with Crippen LogP contribution in [0.2, 0.25) is 0 Å². The van der Waals surface area contributed by atoms with Gasteiger partial charge in [-0.1, -0.05) is 43.7 Å². The van der Waals surface area contributed by atoms with Gasteiger partial charge in [0.1, 0.15) is 0 Å². The van der Waals surface area contributed by atoms with Gasteiger partial charge in [-0.3, -0.25) is 0 Å². The summed E-state index contributed by atoms with van der Waals surface area (Å²) in [6, 6.07) is 16.4. The van der Waals surface area contributed by atoms with E-state index >= 15 is 0 Å². The Balaban J connectivity index is 1.62. The van der Waals surface area contributed by atoms with Crippen molar-refractivity contribution < 1.29 is 0 Å². The molecule has 1 saturated carbocycles. The van der Waals surface area contributed by atoms with Crippen LogP contribution < -0.4 is 5.32 Å². The van der Waals surface area contributed by atoms with Gasteiger partial charge in [-0.25, -0.2) is 0 Å². The van der Waals surface area contributed by atoms with Crippen molar-refractivity contribution >= 4 is 5.69 Å². The molecule has 0 radical (unpaired) electrons. The zero-order valence-electron chi connectivity index (χ0n) is 12.0. The van der Waals surface area contributed by atoms with Crippen LogP contribution in [0.3, 0.4) is 0 Å². The van der Waals surface area contributed by atoms with Crippen LogP contribution >= 0.6 is 0 Å². The average molecular weight is 263 g/mol. The molecule has 102 valence electrons. The Morgan fingerprint density at radius 2 is 1.80 bits per heavy atom. The third-order valence-corrected chi connectivity index (χ3v) is 5.01. The van der Waals surface area contributed by atoms with Crippen LogP contribution in [0.15, 0.2) is 42.5 Å². The lowest BCUT2D eigenvalue weighted by atomic mass is 10.0. The van der Waals surface area contributed by atoms with E-state index < -0.39 is 0 Å². The third-order valence-electron chi connectivity index (χ3n) is 5.01. The second kappa shape index (κ2) is 4.66. The van der Waals surface area contributed by atoms with E-state index in [1.165, 1.54) is 47.2 Å². The van der Waals surface area contributed by atoms with Crippen molar-refractivity contribution in [2.75, 3.05) is 5.32 Å². The highest BCUT2D eigenvalue weighted by Gasteiger charge is 2.24. The van der Waals surface area contributed by atoms with Crippen LogP contribution in [0.25, 0.3) is 11.1 Å². The monoisotopic (exact) mass is 263 g/mol. The smallest absolute Gasteiger partial charge is 0.0345 e. The van der Waals surface area contributed by atoms with Gasteiger partial charge in [-0.2, -0.15) is 0 Å². The lowest BCUT2D eigenvalue weighted by Gasteiger charge is -2.19. The first kappa shape index (κ1) is 12.0. The molecule has 2 aliphatic carbocycles. The maximum atomic E-state index is 3.75. The van der Waals surface area contributed by atoms with E-state index in [0.717, 1.165) is 12.3 Å². The molecule has 0 aliphatic heterocycles. The van der Waals surface area contributed by atoms with Gasteiger partial charge in [0.15, 0.2) is 0 Å². The first-order chi connectivity index (χ1) is 9.81. The molecule has 0 amide bonds. The number of fused-ring (bicyclic) bond motifs is 3. The van der Waals surface area contributed by atoms with E-state index in [1.807, 2.05) is 0 Å². The molecule has 2 aromatic carbocycles. The Bertz CT molecular complexity index is 644. The molecule has 0 spiro atoms. The van der Waals surface area contributed by atoms with Gasteiger partial charge in [0.25, 0.3) is 0 Å². The van der Waals surface area contributed by atoms with Gasteiger partial charge in [-0.05, 0) is 59.6 Å². The minimum atomic E-state index is 0.664. The minimum Gasteiger partial charge on any atom is -0.382 e. The van der Waals surface area contributed by atoms with Crippen LogP contribution in [-0.2, 0) is 6.42 Å². The van der Waals surface area contributed by atoms with Crippen molar-refractivity contribution in [2.45, 2.75) is 38.6 Å². The molecule has 2 aromatic rings. The number of benzene rings is 2. The molecule has 1 heteroatoms. The maximum absolute atomic E-state index is 3.75. The van der Waals surface area contributed by atoms with Crippen molar-refractivity contribution in [1.29, 1.82) is 0 Å². The summed E-state index contributed by atoms with van der Waals surface area (Å²) in [6.45, 7) is 2.37. The third kappa shape index (κ3) is 1.93. The molecule has 1 nitrogen and oxygen atoms in total. The van der Waals surface area contributed by atoms with Gasteiger partial charge < -0.3 is 5.32 Å². The molecule has 1 N–H and O–H groups in total. The summed E-state index contributed by atoms with van der Waals surface area (Å²) in [6.07, 6.45) is 5.14. The van der Waals surface area contributed by atoms with E-state index in [2.05, 4.69) is 54.7 Å². The summed E-state index contributed by atoms with van der Waals surface area (Å²) in [5.74, 6) is 0.806. The maximum Gasteiger partial charge on any atom is 0.0345 e. The molecular weight excluding hydrogens is 242 g/mol. The van der Waals surface area contributed by atoms with Gasteiger partial charge in [0, 0.05) is 11.7 Å². The number of nitrogens with one attached hydrogen (secondary N) is 1. The molecule has 1 fully saturated rings. The second-order valence-electron chi connectivity index (χ2n) is 6.36. The molecule has 0 saturated heterocycles. The van der Waals surface area contributed by atoms with Crippen LogP contribution in [-0.4, -0.2) is 6.04 Å². The van der Waals surface area contributed by atoms with Crippen molar-refractivity contribution in [3.63, 3.8) is 0 Å². The van der Waals surface area contributed by atoms with E-state index in [1.54, 1.807) is 0 Å². The molecular formula is C19H21N.